The number of carbonyl (C=O) groups is 2. The Labute approximate surface area is 152 Å². The molecule has 0 aliphatic heterocycles. The Morgan fingerprint density at radius 2 is 1.65 bits per heavy atom. The lowest BCUT2D eigenvalue weighted by Crippen LogP contribution is -2.24. The lowest BCUT2D eigenvalue weighted by atomic mass is 10.1. The third-order valence-corrected chi connectivity index (χ3v) is 3.56. The van der Waals surface area contributed by atoms with Crippen molar-refractivity contribution in [3.8, 4) is 11.5 Å². The van der Waals surface area contributed by atoms with Gasteiger partial charge in [0, 0.05) is 5.69 Å². The minimum Gasteiger partial charge on any atom is -0.497 e. The SMILES string of the molecule is COc1ccc(NC(=O)CC(=O)NN=Cc2ccc(OC)cc2C)cc1. The summed E-state index contributed by atoms with van der Waals surface area (Å²) in [6, 6.07) is 12.3. The molecule has 0 atom stereocenters. The van der Waals surface area contributed by atoms with Gasteiger partial charge in [-0.1, -0.05) is 0 Å². The van der Waals surface area contributed by atoms with Crippen LogP contribution in [0, 0.1) is 6.92 Å². The van der Waals surface area contributed by atoms with Crippen LogP contribution in [0.3, 0.4) is 0 Å². The van der Waals surface area contributed by atoms with Crippen LogP contribution in [-0.2, 0) is 9.59 Å². The average Bonchev–Trinajstić information content (AvgIpc) is 2.63. The quantitative estimate of drug-likeness (QED) is 0.454. The van der Waals surface area contributed by atoms with Gasteiger partial charge >= 0.3 is 0 Å². The zero-order chi connectivity index (χ0) is 18.9. The average molecular weight is 355 g/mol. The Bertz CT molecular complexity index is 801. The fourth-order valence-corrected chi connectivity index (χ4v) is 2.16. The number of nitrogens with one attached hydrogen (secondary N) is 2. The molecule has 0 bridgehead atoms. The molecule has 2 aromatic carbocycles. The molecule has 0 spiro atoms. The molecule has 0 saturated heterocycles. The second-order valence-electron chi connectivity index (χ2n) is 5.47. The molecule has 2 aromatic rings. The number of methoxy groups -OCH3 is 2. The fourth-order valence-electron chi connectivity index (χ4n) is 2.16. The summed E-state index contributed by atoms with van der Waals surface area (Å²) in [5.41, 5.74) is 4.72. The summed E-state index contributed by atoms with van der Waals surface area (Å²) in [6.07, 6.45) is 1.19. The van der Waals surface area contributed by atoms with E-state index >= 15 is 0 Å². The summed E-state index contributed by atoms with van der Waals surface area (Å²) in [5, 5.41) is 6.51. The van der Waals surface area contributed by atoms with Crippen LogP contribution in [0.1, 0.15) is 17.5 Å². The highest BCUT2D eigenvalue weighted by Crippen LogP contribution is 2.16. The molecule has 7 heteroatoms. The van der Waals surface area contributed by atoms with Gasteiger partial charge in [-0.15, -0.1) is 0 Å². The minimum atomic E-state index is -0.501. The second kappa shape index (κ2) is 9.22. The highest BCUT2D eigenvalue weighted by molar-refractivity contribution is 6.03. The van der Waals surface area contributed by atoms with Crippen LogP contribution in [0.25, 0.3) is 0 Å². The summed E-state index contributed by atoms with van der Waals surface area (Å²) in [5.74, 6) is 0.504. The van der Waals surface area contributed by atoms with Gasteiger partial charge in [0.2, 0.25) is 11.8 Å². The van der Waals surface area contributed by atoms with E-state index in [-0.39, 0.29) is 6.42 Å². The molecule has 2 rings (SSSR count). The molecule has 0 aromatic heterocycles. The zero-order valence-electron chi connectivity index (χ0n) is 14.9. The van der Waals surface area contributed by atoms with E-state index in [0.29, 0.717) is 11.4 Å². The van der Waals surface area contributed by atoms with Crippen LogP contribution >= 0.6 is 0 Å². The van der Waals surface area contributed by atoms with Gasteiger partial charge in [-0.2, -0.15) is 5.10 Å². The summed E-state index contributed by atoms with van der Waals surface area (Å²) in [7, 11) is 3.16. The largest absolute Gasteiger partial charge is 0.497 e. The van der Waals surface area contributed by atoms with E-state index in [4.69, 9.17) is 9.47 Å². The van der Waals surface area contributed by atoms with Gasteiger partial charge in [-0.05, 0) is 60.5 Å². The molecule has 0 fully saturated rings. The molecule has 0 unspecified atom stereocenters. The zero-order valence-corrected chi connectivity index (χ0v) is 14.9. The molecule has 136 valence electrons. The maximum atomic E-state index is 11.9. The van der Waals surface area contributed by atoms with Gasteiger partial charge in [0.05, 0.1) is 20.4 Å². The normalized spacial score (nSPS) is 10.4. The minimum absolute atomic E-state index is 0.328. The van der Waals surface area contributed by atoms with E-state index in [1.807, 2.05) is 19.1 Å². The highest BCUT2D eigenvalue weighted by atomic mass is 16.5. The molecular formula is C19H21N3O4. The smallest absolute Gasteiger partial charge is 0.249 e. The predicted molar refractivity (Wildman–Crippen MR) is 99.7 cm³/mol. The van der Waals surface area contributed by atoms with Crippen LogP contribution in [0.4, 0.5) is 5.69 Å². The number of hydrazone groups is 1. The monoisotopic (exact) mass is 355 g/mol. The molecule has 0 saturated carbocycles. The van der Waals surface area contributed by atoms with Crippen LogP contribution < -0.4 is 20.2 Å². The van der Waals surface area contributed by atoms with Crippen molar-refractivity contribution in [1.29, 1.82) is 0 Å². The van der Waals surface area contributed by atoms with Crippen LogP contribution in [0.2, 0.25) is 0 Å². The predicted octanol–water partition coefficient (Wildman–Crippen LogP) is 2.49. The van der Waals surface area contributed by atoms with Gasteiger partial charge < -0.3 is 14.8 Å². The van der Waals surface area contributed by atoms with Crippen LogP contribution in [0.5, 0.6) is 11.5 Å². The third kappa shape index (κ3) is 5.62. The van der Waals surface area contributed by atoms with Crippen molar-refractivity contribution in [1.82, 2.24) is 5.43 Å². The molecule has 0 aliphatic carbocycles. The number of hydrogen-bond acceptors (Lipinski definition) is 5. The first-order valence-corrected chi connectivity index (χ1v) is 7.92. The number of hydrogen-bond donors (Lipinski definition) is 2. The van der Waals surface area contributed by atoms with Crippen molar-refractivity contribution in [2.45, 2.75) is 13.3 Å². The number of rotatable bonds is 7. The molecule has 0 radical (unpaired) electrons. The van der Waals surface area contributed by atoms with E-state index < -0.39 is 11.8 Å². The van der Waals surface area contributed by atoms with Gasteiger partial charge in [-0.25, -0.2) is 5.43 Å². The number of nitrogens with zero attached hydrogens (tertiary/aromatic N) is 1. The topological polar surface area (TPSA) is 89.0 Å². The van der Waals surface area contributed by atoms with E-state index in [1.54, 1.807) is 44.6 Å². The molecule has 26 heavy (non-hydrogen) atoms. The van der Waals surface area contributed by atoms with Gasteiger partial charge in [0.15, 0.2) is 0 Å². The Hall–Kier alpha value is -3.35. The van der Waals surface area contributed by atoms with Crippen molar-refractivity contribution in [3.63, 3.8) is 0 Å². The van der Waals surface area contributed by atoms with Crippen molar-refractivity contribution in [3.05, 3.63) is 53.6 Å². The maximum absolute atomic E-state index is 11.9. The van der Waals surface area contributed by atoms with Crippen LogP contribution in [-0.4, -0.2) is 32.2 Å². The van der Waals surface area contributed by atoms with Crippen molar-refractivity contribution < 1.29 is 19.1 Å². The molecular weight excluding hydrogens is 334 g/mol. The third-order valence-electron chi connectivity index (χ3n) is 3.56. The first kappa shape index (κ1) is 19.0. The first-order valence-electron chi connectivity index (χ1n) is 7.92. The number of anilines is 1. The number of benzene rings is 2. The molecule has 2 amide bonds. The number of ether oxygens (including phenoxy) is 2. The van der Waals surface area contributed by atoms with Crippen molar-refractivity contribution >= 4 is 23.7 Å². The molecule has 0 heterocycles. The lowest BCUT2D eigenvalue weighted by molar-refractivity contribution is -0.126. The fraction of sp³-hybridized carbons (Fsp3) is 0.211. The first-order chi connectivity index (χ1) is 12.5. The Kier molecular flexibility index (Phi) is 6.73. The standard InChI is InChI=1S/C19H21N3O4/c1-13-10-17(26-3)7-4-14(13)12-20-22-19(24)11-18(23)21-15-5-8-16(25-2)9-6-15/h4-10,12H,11H2,1-3H3,(H,21,23)(H,22,24). The van der Waals surface area contributed by atoms with Gasteiger partial charge in [-0.3, -0.25) is 9.59 Å². The maximum Gasteiger partial charge on any atom is 0.249 e. The number of amides is 2. The van der Waals surface area contributed by atoms with E-state index in [1.165, 1.54) is 6.21 Å². The van der Waals surface area contributed by atoms with Crippen molar-refractivity contribution in [2.24, 2.45) is 5.10 Å². The van der Waals surface area contributed by atoms with Crippen molar-refractivity contribution in [2.75, 3.05) is 19.5 Å². The summed E-state index contributed by atoms with van der Waals surface area (Å²) in [4.78, 5) is 23.7. The van der Waals surface area contributed by atoms with Gasteiger partial charge in [0.25, 0.3) is 0 Å². The molecule has 2 N–H and O–H groups in total. The highest BCUT2D eigenvalue weighted by Gasteiger charge is 2.09. The van der Waals surface area contributed by atoms with E-state index in [9.17, 15) is 9.59 Å². The lowest BCUT2D eigenvalue weighted by Gasteiger charge is -2.06. The number of aryl methyl sites for hydroxylation is 1. The summed E-state index contributed by atoms with van der Waals surface area (Å²) >= 11 is 0. The van der Waals surface area contributed by atoms with E-state index in [0.717, 1.165) is 16.9 Å². The molecule has 0 aliphatic rings. The van der Waals surface area contributed by atoms with Crippen LogP contribution in [0.15, 0.2) is 47.6 Å². The Morgan fingerprint density at radius 1 is 1.00 bits per heavy atom. The van der Waals surface area contributed by atoms with E-state index in [2.05, 4.69) is 15.8 Å². The Morgan fingerprint density at radius 3 is 2.27 bits per heavy atom. The Balaban J connectivity index is 1.83. The van der Waals surface area contributed by atoms with Gasteiger partial charge in [0.1, 0.15) is 17.9 Å². The molecule has 7 nitrogen and oxygen atoms in total. The summed E-state index contributed by atoms with van der Waals surface area (Å²) in [6.45, 7) is 1.91. The second-order valence-corrected chi connectivity index (χ2v) is 5.47. The summed E-state index contributed by atoms with van der Waals surface area (Å²) < 4.78 is 10.2. The number of carbonyl (C=O) groups excluding carboxylic acids is 2.